The fraction of sp³-hybridized carbons (Fsp3) is 0.667. The smallest absolute Gasteiger partial charge is 0.237 e. The summed E-state index contributed by atoms with van der Waals surface area (Å²) in [6.45, 7) is 5.41. The minimum absolute atomic E-state index is 0.00121. The molecule has 0 spiro atoms. The van der Waals surface area contributed by atoms with E-state index in [1.54, 1.807) is 0 Å². The summed E-state index contributed by atoms with van der Waals surface area (Å²) in [5.74, 6) is 2.30. The molecule has 1 saturated carbocycles. The van der Waals surface area contributed by atoms with Crippen molar-refractivity contribution in [2.45, 2.75) is 57.9 Å². The minimum atomic E-state index is -0.140. The number of rotatable bonds is 6. The van der Waals surface area contributed by atoms with E-state index >= 15 is 0 Å². The Morgan fingerprint density at radius 1 is 1.03 bits per heavy atom. The van der Waals surface area contributed by atoms with Crippen LogP contribution < -0.4 is 14.8 Å². The number of hydrogen-bond donors (Lipinski definition) is 1. The summed E-state index contributed by atoms with van der Waals surface area (Å²) in [5.41, 5.74) is 0.691. The summed E-state index contributed by atoms with van der Waals surface area (Å²) in [6, 6.07) is 5.34. The molecule has 6 heteroatoms. The van der Waals surface area contributed by atoms with Gasteiger partial charge in [0, 0.05) is 18.0 Å². The Hall–Kier alpha value is -2.08. The Morgan fingerprint density at radius 3 is 2.47 bits per heavy atom. The molecule has 4 rings (SSSR count). The summed E-state index contributed by atoms with van der Waals surface area (Å²) in [4.78, 5) is 27.8. The van der Waals surface area contributed by atoms with Crippen molar-refractivity contribution in [2.24, 2.45) is 11.8 Å². The highest BCUT2D eigenvalue weighted by atomic mass is 16.6. The van der Waals surface area contributed by atoms with Crippen LogP contribution in [0.4, 0.5) is 0 Å². The highest BCUT2D eigenvalue weighted by Crippen LogP contribution is 2.32. The maximum Gasteiger partial charge on any atom is 0.237 e. The Balaban J connectivity index is 1.25. The molecule has 6 nitrogen and oxygen atoms in total. The average Bonchev–Trinajstić information content (AvgIpc) is 2.82. The molecule has 2 fully saturated rings. The molecule has 3 aliphatic rings. The Labute approximate surface area is 179 Å². The topological polar surface area (TPSA) is 67.9 Å². The molecular weight excluding hydrogens is 380 g/mol. The van der Waals surface area contributed by atoms with E-state index in [1.165, 1.54) is 32.1 Å². The van der Waals surface area contributed by atoms with E-state index in [2.05, 4.69) is 10.2 Å². The number of ether oxygens (including phenoxy) is 2. The molecule has 164 valence electrons. The quantitative estimate of drug-likeness (QED) is 0.723. The molecule has 30 heavy (non-hydrogen) atoms. The van der Waals surface area contributed by atoms with Gasteiger partial charge >= 0.3 is 0 Å². The zero-order valence-corrected chi connectivity index (χ0v) is 18.0. The summed E-state index contributed by atoms with van der Waals surface area (Å²) < 4.78 is 11.2. The van der Waals surface area contributed by atoms with Gasteiger partial charge in [-0.1, -0.05) is 19.3 Å². The van der Waals surface area contributed by atoms with Crippen LogP contribution in [0.15, 0.2) is 18.2 Å². The maximum absolute atomic E-state index is 13.0. The van der Waals surface area contributed by atoms with Gasteiger partial charge in [0.15, 0.2) is 17.3 Å². The van der Waals surface area contributed by atoms with Gasteiger partial charge in [0.25, 0.3) is 0 Å². The first-order valence-electron chi connectivity index (χ1n) is 11.6. The molecule has 1 unspecified atom stereocenters. The third-order valence-corrected chi connectivity index (χ3v) is 6.94. The molecule has 1 N–H and O–H groups in total. The number of carbonyl (C=O) groups is 2. The molecule has 1 aromatic rings. The molecule has 1 atom stereocenters. The second-order valence-corrected chi connectivity index (χ2v) is 8.96. The SMILES string of the molecule is CC(C(=O)NCC1CCCCC1)N1CCC(C(=O)c2ccc3c(c2)OCCO3)CC1. The highest BCUT2D eigenvalue weighted by molar-refractivity contribution is 5.98. The average molecular weight is 415 g/mol. The highest BCUT2D eigenvalue weighted by Gasteiger charge is 2.31. The largest absolute Gasteiger partial charge is 0.486 e. The van der Waals surface area contributed by atoms with Gasteiger partial charge in [0.2, 0.25) is 5.91 Å². The van der Waals surface area contributed by atoms with Crippen LogP contribution in [0.5, 0.6) is 11.5 Å². The second-order valence-electron chi connectivity index (χ2n) is 8.96. The Morgan fingerprint density at radius 2 is 1.73 bits per heavy atom. The fourth-order valence-corrected chi connectivity index (χ4v) is 4.93. The van der Waals surface area contributed by atoms with E-state index in [0.717, 1.165) is 32.5 Å². The van der Waals surface area contributed by atoms with Crippen molar-refractivity contribution in [3.05, 3.63) is 23.8 Å². The number of fused-ring (bicyclic) bond motifs is 1. The van der Waals surface area contributed by atoms with E-state index in [9.17, 15) is 9.59 Å². The molecule has 2 aliphatic heterocycles. The first-order chi connectivity index (χ1) is 14.6. The second kappa shape index (κ2) is 9.82. The van der Waals surface area contributed by atoms with Gasteiger partial charge in [-0.3, -0.25) is 14.5 Å². The molecule has 0 radical (unpaired) electrons. The standard InChI is InChI=1S/C24H34N2O4/c1-17(24(28)25-16-18-5-3-2-4-6-18)26-11-9-19(10-12-26)23(27)20-7-8-21-22(15-20)30-14-13-29-21/h7-8,15,17-19H,2-6,9-14,16H2,1H3,(H,25,28). The van der Waals surface area contributed by atoms with Crippen molar-refractivity contribution >= 4 is 11.7 Å². The predicted octanol–water partition coefficient (Wildman–Crippen LogP) is 3.44. The predicted molar refractivity (Wildman–Crippen MR) is 115 cm³/mol. The molecule has 1 amide bonds. The van der Waals surface area contributed by atoms with Gasteiger partial charge in [-0.15, -0.1) is 0 Å². The van der Waals surface area contributed by atoms with Crippen molar-refractivity contribution < 1.29 is 19.1 Å². The van der Waals surface area contributed by atoms with Crippen LogP contribution in [0.2, 0.25) is 0 Å². The molecule has 0 bridgehead atoms. The van der Waals surface area contributed by atoms with Crippen molar-refractivity contribution in [3.8, 4) is 11.5 Å². The van der Waals surface area contributed by atoms with Crippen LogP contribution in [-0.2, 0) is 4.79 Å². The van der Waals surface area contributed by atoms with Gasteiger partial charge in [0.05, 0.1) is 6.04 Å². The molecule has 2 heterocycles. The van der Waals surface area contributed by atoms with Crippen LogP contribution in [0.3, 0.4) is 0 Å². The lowest BCUT2D eigenvalue weighted by Crippen LogP contribution is -2.49. The summed E-state index contributed by atoms with van der Waals surface area (Å²) >= 11 is 0. The van der Waals surface area contributed by atoms with Crippen molar-refractivity contribution in [1.29, 1.82) is 0 Å². The third-order valence-electron chi connectivity index (χ3n) is 6.94. The van der Waals surface area contributed by atoms with E-state index < -0.39 is 0 Å². The fourth-order valence-electron chi connectivity index (χ4n) is 4.93. The first-order valence-corrected chi connectivity index (χ1v) is 11.6. The minimum Gasteiger partial charge on any atom is -0.486 e. The summed E-state index contributed by atoms with van der Waals surface area (Å²) in [5, 5.41) is 3.16. The molecule has 1 saturated heterocycles. The van der Waals surface area contributed by atoms with Gasteiger partial charge < -0.3 is 14.8 Å². The number of ketones is 1. The van der Waals surface area contributed by atoms with Crippen LogP contribution in [0.1, 0.15) is 62.2 Å². The van der Waals surface area contributed by atoms with Gasteiger partial charge in [-0.05, 0) is 69.8 Å². The van der Waals surface area contributed by atoms with Crippen molar-refractivity contribution in [2.75, 3.05) is 32.8 Å². The number of Topliss-reactive ketones (excluding diaryl/α,β-unsaturated/α-hetero) is 1. The van der Waals surface area contributed by atoms with Crippen LogP contribution in [0, 0.1) is 11.8 Å². The molecule has 0 aromatic heterocycles. The van der Waals surface area contributed by atoms with E-state index in [4.69, 9.17) is 9.47 Å². The Kier molecular flexibility index (Phi) is 6.93. The third kappa shape index (κ3) is 4.97. The van der Waals surface area contributed by atoms with E-state index in [0.29, 0.717) is 36.2 Å². The molecule has 1 aliphatic carbocycles. The lowest BCUT2D eigenvalue weighted by atomic mass is 9.88. The molecule has 1 aromatic carbocycles. The van der Waals surface area contributed by atoms with Crippen LogP contribution >= 0.6 is 0 Å². The van der Waals surface area contributed by atoms with Crippen LogP contribution in [0.25, 0.3) is 0 Å². The zero-order chi connectivity index (χ0) is 20.9. The number of carbonyl (C=O) groups excluding carboxylic acids is 2. The normalized spacial score (nSPS) is 21.8. The zero-order valence-electron chi connectivity index (χ0n) is 18.0. The monoisotopic (exact) mass is 414 g/mol. The number of piperidine rings is 1. The van der Waals surface area contributed by atoms with Crippen molar-refractivity contribution in [1.82, 2.24) is 10.2 Å². The van der Waals surface area contributed by atoms with E-state index in [1.807, 2.05) is 25.1 Å². The van der Waals surface area contributed by atoms with E-state index in [-0.39, 0.29) is 23.7 Å². The number of likely N-dealkylation sites (tertiary alicyclic amines) is 1. The van der Waals surface area contributed by atoms with Gasteiger partial charge in [-0.2, -0.15) is 0 Å². The van der Waals surface area contributed by atoms with Crippen molar-refractivity contribution in [3.63, 3.8) is 0 Å². The number of amides is 1. The number of nitrogens with zero attached hydrogens (tertiary/aromatic N) is 1. The maximum atomic E-state index is 13.0. The summed E-state index contributed by atoms with van der Waals surface area (Å²) in [7, 11) is 0. The van der Waals surface area contributed by atoms with Crippen LogP contribution in [-0.4, -0.2) is 55.5 Å². The first kappa shape index (κ1) is 21.2. The van der Waals surface area contributed by atoms with Gasteiger partial charge in [-0.25, -0.2) is 0 Å². The summed E-state index contributed by atoms with van der Waals surface area (Å²) in [6.07, 6.45) is 7.97. The molecular formula is C24H34N2O4. The number of benzene rings is 1. The van der Waals surface area contributed by atoms with Gasteiger partial charge in [0.1, 0.15) is 13.2 Å². The Bertz CT molecular complexity index is 752. The number of hydrogen-bond acceptors (Lipinski definition) is 5. The lowest BCUT2D eigenvalue weighted by Gasteiger charge is -2.35. The lowest BCUT2D eigenvalue weighted by molar-refractivity contribution is -0.126. The number of nitrogens with one attached hydrogen (secondary N) is 1.